The first-order chi connectivity index (χ1) is 7.92. The Morgan fingerprint density at radius 1 is 1.06 bits per heavy atom. The van der Waals surface area contributed by atoms with Crippen molar-refractivity contribution in [1.82, 2.24) is 4.98 Å². The largest absolute Gasteiger partial charge is 0.256 e. The molecule has 0 radical (unpaired) electrons. The van der Waals surface area contributed by atoms with Gasteiger partial charge in [-0.1, -0.05) is 12.5 Å². The van der Waals surface area contributed by atoms with Gasteiger partial charge in [-0.05, 0) is 60.4 Å². The fourth-order valence-electron chi connectivity index (χ4n) is 3.62. The van der Waals surface area contributed by atoms with Crippen molar-refractivity contribution in [2.75, 3.05) is 0 Å². The van der Waals surface area contributed by atoms with Crippen LogP contribution in [-0.2, 0) is 0 Å². The predicted molar refractivity (Wildman–Crippen MR) is 65.7 cm³/mol. The Balaban J connectivity index is 2.01. The van der Waals surface area contributed by atoms with Crippen molar-refractivity contribution in [3.8, 4) is 0 Å². The van der Waals surface area contributed by atoms with E-state index >= 15 is 0 Å². The maximum Gasteiger partial charge on any atom is 0.0704 e. The molecule has 2 aliphatic rings. The first-order valence-electron chi connectivity index (χ1n) is 6.30. The molecule has 1 heterocycles. The molecule has 0 aliphatic heterocycles. The van der Waals surface area contributed by atoms with E-state index in [-0.39, 0.29) is 0 Å². The lowest BCUT2D eigenvalue weighted by Crippen LogP contribution is -2.01. The Morgan fingerprint density at radius 2 is 1.88 bits per heavy atom. The molecule has 16 heavy (non-hydrogen) atoms. The summed E-state index contributed by atoms with van der Waals surface area (Å²) >= 11 is 0. The summed E-state index contributed by atoms with van der Waals surface area (Å²) < 4.78 is 0. The molecule has 0 amide bonds. The molecule has 1 nitrogen and oxygen atoms in total. The van der Waals surface area contributed by atoms with Gasteiger partial charge in [0.2, 0.25) is 0 Å². The molecule has 0 N–H and O–H groups in total. The molecule has 1 fully saturated rings. The maximum atomic E-state index is 4.47. The number of pyridine rings is 1. The fourth-order valence-corrected chi connectivity index (χ4v) is 3.62. The van der Waals surface area contributed by atoms with Crippen LogP contribution in [0.2, 0.25) is 0 Å². The van der Waals surface area contributed by atoms with Crippen LogP contribution in [-0.4, -0.2) is 4.98 Å². The number of hydrogen-bond donors (Lipinski definition) is 0. The van der Waals surface area contributed by atoms with Gasteiger partial charge in [-0.3, -0.25) is 4.98 Å². The second-order valence-electron chi connectivity index (χ2n) is 5.24. The number of fused-ring (bicyclic) bond motifs is 6. The Morgan fingerprint density at radius 3 is 2.75 bits per heavy atom. The summed E-state index contributed by atoms with van der Waals surface area (Å²) in [6, 6.07) is 8.97. The molecule has 1 heteroatoms. The van der Waals surface area contributed by atoms with Crippen LogP contribution in [0.15, 0.2) is 30.5 Å². The lowest BCUT2D eigenvalue weighted by molar-refractivity contribution is 0.435. The number of hydrogen-bond acceptors (Lipinski definition) is 1. The van der Waals surface area contributed by atoms with Gasteiger partial charge in [0.25, 0.3) is 0 Å². The molecule has 0 spiro atoms. The van der Waals surface area contributed by atoms with Gasteiger partial charge in [0.1, 0.15) is 0 Å². The standard InChI is InChI=1S/C15H15N/c1-3-10-7-11(4-1)14-9-15-12(8-13(10)14)5-2-6-16-15/h2,5-6,8-11H,1,3-4,7H2/t10-,11-/m1/s1. The third kappa shape index (κ3) is 1.09. The molecule has 0 unspecified atom stereocenters. The average Bonchev–Trinajstić information content (AvgIpc) is 2.59. The number of nitrogens with zero attached hydrogens (tertiary/aromatic N) is 1. The van der Waals surface area contributed by atoms with Crippen LogP contribution >= 0.6 is 0 Å². The zero-order valence-electron chi connectivity index (χ0n) is 9.32. The molecule has 1 saturated carbocycles. The molecule has 2 aliphatic carbocycles. The van der Waals surface area contributed by atoms with Crippen molar-refractivity contribution in [2.45, 2.75) is 37.5 Å². The van der Waals surface area contributed by atoms with Crippen molar-refractivity contribution in [1.29, 1.82) is 0 Å². The van der Waals surface area contributed by atoms with Gasteiger partial charge in [0.15, 0.2) is 0 Å². The summed E-state index contributed by atoms with van der Waals surface area (Å²) in [5.41, 5.74) is 4.41. The highest BCUT2D eigenvalue weighted by atomic mass is 14.6. The van der Waals surface area contributed by atoms with Crippen molar-refractivity contribution >= 4 is 10.9 Å². The van der Waals surface area contributed by atoms with E-state index in [1.807, 2.05) is 12.3 Å². The highest BCUT2D eigenvalue weighted by Gasteiger charge is 2.34. The van der Waals surface area contributed by atoms with E-state index in [4.69, 9.17) is 0 Å². The van der Waals surface area contributed by atoms with Crippen LogP contribution in [0.1, 0.15) is 48.6 Å². The Kier molecular flexibility index (Phi) is 1.68. The summed E-state index contributed by atoms with van der Waals surface area (Å²) in [6.45, 7) is 0. The van der Waals surface area contributed by atoms with Gasteiger partial charge in [0, 0.05) is 11.6 Å². The monoisotopic (exact) mass is 209 g/mol. The number of rotatable bonds is 0. The lowest BCUT2D eigenvalue weighted by Gasteiger charge is -2.18. The Hall–Kier alpha value is -1.37. The fraction of sp³-hybridized carbons (Fsp3) is 0.400. The van der Waals surface area contributed by atoms with E-state index in [0.29, 0.717) is 0 Å². The molecular weight excluding hydrogens is 194 g/mol. The van der Waals surface area contributed by atoms with E-state index in [0.717, 1.165) is 11.8 Å². The van der Waals surface area contributed by atoms with E-state index < -0.39 is 0 Å². The molecule has 2 aromatic rings. The van der Waals surface area contributed by atoms with Gasteiger partial charge in [-0.25, -0.2) is 0 Å². The van der Waals surface area contributed by atoms with Gasteiger partial charge in [-0.2, -0.15) is 0 Å². The van der Waals surface area contributed by atoms with Gasteiger partial charge >= 0.3 is 0 Å². The summed E-state index contributed by atoms with van der Waals surface area (Å²) in [4.78, 5) is 4.47. The van der Waals surface area contributed by atoms with Crippen LogP contribution in [0.5, 0.6) is 0 Å². The average molecular weight is 209 g/mol. The topological polar surface area (TPSA) is 12.9 Å². The molecule has 80 valence electrons. The Bertz CT molecular complexity index is 510. The SMILES string of the molecule is c1cnc2cc3c(cc2c1)[C@@H]1CCC[C@@H]3C1. The van der Waals surface area contributed by atoms with Crippen LogP contribution in [0, 0.1) is 0 Å². The van der Waals surface area contributed by atoms with Crippen LogP contribution < -0.4 is 0 Å². The first-order valence-corrected chi connectivity index (χ1v) is 6.30. The van der Waals surface area contributed by atoms with Crippen LogP contribution in [0.3, 0.4) is 0 Å². The minimum atomic E-state index is 0.833. The van der Waals surface area contributed by atoms with Crippen molar-refractivity contribution in [2.24, 2.45) is 0 Å². The van der Waals surface area contributed by atoms with Crippen LogP contribution in [0.25, 0.3) is 10.9 Å². The molecule has 0 saturated heterocycles. The molecule has 1 aromatic carbocycles. The molecule has 4 rings (SSSR count). The minimum absolute atomic E-state index is 0.833. The normalized spacial score (nSPS) is 27.0. The summed E-state index contributed by atoms with van der Waals surface area (Å²) in [7, 11) is 0. The highest BCUT2D eigenvalue weighted by molar-refractivity contribution is 5.81. The Labute approximate surface area is 95.5 Å². The molecular formula is C15H15N. The highest BCUT2D eigenvalue weighted by Crippen LogP contribution is 2.51. The molecule has 2 bridgehead atoms. The number of benzene rings is 1. The second-order valence-corrected chi connectivity index (χ2v) is 5.24. The quantitative estimate of drug-likeness (QED) is 0.639. The van der Waals surface area contributed by atoms with Crippen LogP contribution in [0.4, 0.5) is 0 Å². The van der Waals surface area contributed by atoms with Crippen molar-refractivity contribution in [3.63, 3.8) is 0 Å². The van der Waals surface area contributed by atoms with E-state index in [1.165, 1.54) is 36.6 Å². The van der Waals surface area contributed by atoms with E-state index in [2.05, 4.69) is 23.2 Å². The summed E-state index contributed by atoms with van der Waals surface area (Å²) in [5, 5.41) is 1.31. The smallest absolute Gasteiger partial charge is 0.0704 e. The third-order valence-corrected chi connectivity index (χ3v) is 4.36. The van der Waals surface area contributed by atoms with Gasteiger partial charge < -0.3 is 0 Å². The zero-order valence-corrected chi connectivity index (χ0v) is 9.32. The molecule has 1 aromatic heterocycles. The summed E-state index contributed by atoms with van der Waals surface area (Å²) in [5.74, 6) is 1.68. The maximum absolute atomic E-state index is 4.47. The van der Waals surface area contributed by atoms with Gasteiger partial charge in [-0.15, -0.1) is 0 Å². The number of aromatic nitrogens is 1. The second kappa shape index (κ2) is 3.07. The van der Waals surface area contributed by atoms with E-state index in [9.17, 15) is 0 Å². The third-order valence-electron chi connectivity index (χ3n) is 4.36. The first kappa shape index (κ1) is 8.74. The molecule has 2 atom stereocenters. The van der Waals surface area contributed by atoms with E-state index in [1.54, 1.807) is 11.1 Å². The minimum Gasteiger partial charge on any atom is -0.256 e. The zero-order chi connectivity index (χ0) is 10.5. The lowest BCUT2D eigenvalue weighted by atomic mass is 9.87. The summed E-state index contributed by atoms with van der Waals surface area (Å²) in [6.07, 6.45) is 7.49. The van der Waals surface area contributed by atoms with Crippen molar-refractivity contribution in [3.05, 3.63) is 41.6 Å². The predicted octanol–water partition coefficient (Wildman–Crippen LogP) is 3.99. The van der Waals surface area contributed by atoms with Crippen molar-refractivity contribution < 1.29 is 0 Å². The van der Waals surface area contributed by atoms with Gasteiger partial charge in [0.05, 0.1) is 5.52 Å².